The van der Waals surface area contributed by atoms with Crippen molar-refractivity contribution in [3.63, 3.8) is 0 Å². The fourth-order valence-electron chi connectivity index (χ4n) is 2.85. The highest BCUT2D eigenvalue weighted by molar-refractivity contribution is 6.27. The molecule has 0 amide bonds. The van der Waals surface area contributed by atoms with E-state index in [1.165, 1.54) is 16.8 Å². The van der Waals surface area contributed by atoms with Crippen molar-refractivity contribution < 1.29 is 19.8 Å². The second-order valence-electron chi connectivity index (χ2n) is 6.41. The molecule has 0 aliphatic carbocycles. The van der Waals surface area contributed by atoms with E-state index in [1.807, 2.05) is 12.3 Å². The van der Waals surface area contributed by atoms with Crippen LogP contribution in [-0.2, 0) is 22.7 Å². The Balaban J connectivity index is 0.000000380. The van der Waals surface area contributed by atoms with Crippen LogP contribution in [-0.4, -0.2) is 63.1 Å². The predicted octanol–water partition coefficient (Wildman–Crippen LogP) is 1.86. The molecule has 2 N–H and O–H groups in total. The number of hydrogen-bond acceptors (Lipinski definition) is 5. The van der Waals surface area contributed by atoms with Gasteiger partial charge in [-0.25, -0.2) is 9.59 Å². The number of carboxylic acid groups (broad SMARTS) is 2. The van der Waals surface area contributed by atoms with Crippen molar-refractivity contribution >= 4 is 11.9 Å². The molecule has 1 aromatic carbocycles. The van der Waals surface area contributed by atoms with E-state index in [0.29, 0.717) is 0 Å². The summed E-state index contributed by atoms with van der Waals surface area (Å²) in [4.78, 5) is 27.7. The van der Waals surface area contributed by atoms with Gasteiger partial charge in [0.05, 0.1) is 5.69 Å². The van der Waals surface area contributed by atoms with Gasteiger partial charge >= 0.3 is 11.9 Å². The van der Waals surface area contributed by atoms with Crippen LogP contribution in [0.3, 0.4) is 0 Å². The van der Waals surface area contributed by atoms with Crippen molar-refractivity contribution in [3.8, 4) is 0 Å². The van der Waals surface area contributed by atoms with E-state index in [4.69, 9.17) is 19.8 Å². The molecule has 0 saturated carbocycles. The monoisotopic (exact) mass is 371 g/mol. The van der Waals surface area contributed by atoms with Gasteiger partial charge in [0.1, 0.15) is 0 Å². The van der Waals surface area contributed by atoms with Crippen molar-refractivity contribution in [1.29, 1.82) is 0 Å². The molecule has 27 heavy (non-hydrogen) atoms. The maximum Gasteiger partial charge on any atom is 0.414 e. The van der Waals surface area contributed by atoms with Gasteiger partial charge in [0.25, 0.3) is 0 Å². The van der Waals surface area contributed by atoms with Crippen molar-refractivity contribution in [1.82, 2.24) is 14.8 Å². The maximum absolute atomic E-state index is 9.10. The van der Waals surface area contributed by atoms with Gasteiger partial charge in [-0.3, -0.25) is 14.8 Å². The van der Waals surface area contributed by atoms with Gasteiger partial charge in [0, 0.05) is 45.5 Å². The average molecular weight is 371 g/mol. The molecule has 2 heterocycles. The minimum absolute atomic E-state index is 0.971. The highest BCUT2D eigenvalue weighted by atomic mass is 16.4. The zero-order valence-corrected chi connectivity index (χ0v) is 15.4. The molecule has 1 aliphatic heterocycles. The quantitative estimate of drug-likeness (QED) is 0.792. The van der Waals surface area contributed by atoms with Gasteiger partial charge in [-0.05, 0) is 30.2 Å². The summed E-state index contributed by atoms with van der Waals surface area (Å²) in [5.41, 5.74) is 4.02. The highest BCUT2D eigenvalue weighted by Crippen LogP contribution is 2.13. The van der Waals surface area contributed by atoms with Crippen LogP contribution in [0, 0.1) is 6.92 Å². The SMILES string of the molecule is Cc1ccccc1CN1CCN(Cc2ccccn2)CC1.O=C(O)C(=O)O. The average Bonchev–Trinajstić information content (AvgIpc) is 2.66. The summed E-state index contributed by atoms with van der Waals surface area (Å²) >= 11 is 0. The Morgan fingerprint density at radius 2 is 1.44 bits per heavy atom. The van der Waals surface area contributed by atoms with Gasteiger partial charge < -0.3 is 10.2 Å². The minimum atomic E-state index is -1.82. The van der Waals surface area contributed by atoms with E-state index in [-0.39, 0.29) is 0 Å². The zero-order valence-electron chi connectivity index (χ0n) is 15.4. The lowest BCUT2D eigenvalue weighted by molar-refractivity contribution is -0.159. The maximum atomic E-state index is 9.10. The van der Waals surface area contributed by atoms with Gasteiger partial charge in [-0.2, -0.15) is 0 Å². The Labute approximate surface area is 158 Å². The van der Waals surface area contributed by atoms with Crippen LogP contribution in [0.1, 0.15) is 16.8 Å². The first-order valence-electron chi connectivity index (χ1n) is 8.81. The van der Waals surface area contributed by atoms with Crippen molar-refractivity contribution in [2.45, 2.75) is 20.0 Å². The van der Waals surface area contributed by atoms with Crippen molar-refractivity contribution in [2.24, 2.45) is 0 Å². The number of benzene rings is 1. The van der Waals surface area contributed by atoms with Gasteiger partial charge in [-0.15, -0.1) is 0 Å². The summed E-state index contributed by atoms with van der Waals surface area (Å²) in [5, 5.41) is 14.8. The summed E-state index contributed by atoms with van der Waals surface area (Å²) in [7, 11) is 0. The molecule has 0 unspecified atom stereocenters. The molecule has 1 fully saturated rings. The summed E-state index contributed by atoms with van der Waals surface area (Å²) in [6.07, 6.45) is 1.88. The number of aliphatic carboxylic acids is 2. The molecule has 0 bridgehead atoms. The van der Waals surface area contributed by atoms with Crippen LogP contribution in [0.25, 0.3) is 0 Å². The van der Waals surface area contributed by atoms with Crippen molar-refractivity contribution in [3.05, 3.63) is 65.5 Å². The summed E-state index contributed by atoms with van der Waals surface area (Å²) in [6.45, 7) is 8.78. The molecule has 144 valence electrons. The number of rotatable bonds is 4. The Morgan fingerprint density at radius 3 is 1.96 bits per heavy atom. The summed E-state index contributed by atoms with van der Waals surface area (Å²) in [5.74, 6) is -3.65. The van der Waals surface area contributed by atoms with Crippen LogP contribution in [0.15, 0.2) is 48.7 Å². The molecule has 7 nitrogen and oxygen atoms in total. The van der Waals surface area contributed by atoms with Gasteiger partial charge in [0.15, 0.2) is 0 Å². The zero-order chi connectivity index (χ0) is 19.6. The molecule has 2 aromatic rings. The molecule has 0 atom stereocenters. The predicted molar refractivity (Wildman–Crippen MR) is 101 cm³/mol. The lowest BCUT2D eigenvalue weighted by Gasteiger charge is -2.34. The number of carbonyl (C=O) groups is 2. The highest BCUT2D eigenvalue weighted by Gasteiger charge is 2.17. The number of carboxylic acids is 2. The van der Waals surface area contributed by atoms with Crippen LogP contribution >= 0.6 is 0 Å². The first-order chi connectivity index (χ1) is 13.0. The van der Waals surface area contributed by atoms with E-state index >= 15 is 0 Å². The molecule has 1 aromatic heterocycles. The molecular formula is C20H25N3O4. The van der Waals surface area contributed by atoms with Gasteiger partial charge in [0.2, 0.25) is 0 Å². The van der Waals surface area contributed by atoms with Crippen LogP contribution in [0.5, 0.6) is 0 Å². The first kappa shape index (κ1) is 20.5. The first-order valence-corrected chi connectivity index (χ1v) is 8.81. The molecule has 0 spiro atoms. The number of hydrogen-bond donors (Lipinski definition) is 2. The Kier molecular flexibility index (Phi) is 7.91. The van der Waals surface area contributed by atoms with Crippen LogP contribution in [0.2, 0.25) is 0 Å². The molecular weight excluding hydrogens is 346 g/mol. The molecule has 1 aliphatic rings. The largest absolute Gasteiger partial charge is 0.473 e. The van der Waals surface area contributed by atoms with Crippen molar-refractivity contribution in [2.75, 3.05) is 26.2 Å². The summed E-state index contributed by atoms with van der Waals surface area (Å²) < 4.78 is 0. The third-order valence-corrected chi connectivity index (χ3v) is 4.41. The molecule has 3 rings (SSSR count). The summed E-state index contributed by atoms with van der Waals surface area (Å²) in [6, 6.07) is 14.9. The fraction of sp³-hybridized carbons (Fsp3) is 0.350. The number of piperazine rings is 1. The van der Waals surface area contributed by atoms with E-state index in [0.717, 1.165) is 39.3 Å². The second-order valence-corrected chi connectivity index (χ2v) is 6.41. The van der Waals surface area contributed by atoms with Crippen LogP contribution in [0.4, 0.5) is 0 Å². The number of nitrogens with zero attached hydrogens (tertiary/aromatic N) is 3. The van der Waals surface area contributed by atoms with E-state index < -0.39 is 11.9 Å². The molecule has 7 heteroatoms. The standard InChI is InChI=1S/C18H23N3.C2H2O4/c1-16-6-2-3-7-17(16)14-20-10-12-21(13-11-20)15-18-8-4-5-9-19-18;3-1(4)2(5)6/h2-9H,10-15H2,1H3;(H,3,4)(H,5,6). The lowest BCUT2D eigenvalue weighted by Crippen LogP contribution is -2.45. The van der Waals surface area contributed by atoms with Crippen LogP contribution < -0.4 is 0 Å². The number of pyridine rings is 1. The van der Waals surface area contributed by atoms with Gasteiger partial charge in [-0.1, -0.05) is 30.3 Å². The second kappa shape index (κ2) is 10.4. The normalized spacial score (nSPS) is 14.9. The smallest absolute Gasteiger partial charge is 0.414 e. The molecule has 0 radical (unpaired) electrons. The van der Waals surface area contributed by atoms with E-state index in [9.17, 15) is 0 Å². The Bertz CT molecular complexity index is 732. The number of aryl methyl sites for hydroxylation is 1. The van der Waals surface area contributed by atoms with E-state index in [1.54, 1.807) is 0 Å². The molecule has 1 saturated heterocycles. The third kappa shape index (κ3) is 7.16. The Hall–Kier alpha value is -2.77. The fourth-order valence-corrected chi connectivity index (χ4v) is 2.85. The van der Waals surface area contributed by atoms with E-state index in [2.05, 4.69) is 58.1 Å². The minimum Gasteiger partial charge on any atom is -0.473 e. The lowest BCUT2D eigenvalue weighted by atomic mass is 10.1. The Morgan fingerprint density at radius 1 is 0.889 bits per heavy atom. The third-order valence-electron chi connectivity index (χ3n) is 4.41. The number of aromatic nitrogens is 1. The topological polar surface area (TPSA) is 94.0 Å².